The summed E-state index contributed by atoms with van der Waals surface area (Å²) >= 11 is 0. The van der Waals surface area contributed by atoms with Crippen molar-refractivity contribution in [1.82, 2.24) is 20.3 Å². The van der Waals surface area contributed by atoms with Gasteiger partial charge in [-0.3, -0.25) is 9.69 Å². The predicted octanol–water partition coefficient (Wildman–Crippen LogP) is 1.50. The van der Waals surface area contributed by atoms with Gasteiger partial charge in [-0.2, -0.15) is 0 Å². The van der Waals surface area contributed by atoms with Crippen LogP contribution in [-0.2, 0) is 11.3 Å². The summed E-state index contributed by atoms with van der Waals surface area (Å²) in [6.07, 6.45) is 3.81. The van der Waals surface area contributed by atoms with Crippen LogP contribution < -0.4 is 5.32 Å². The normalized spacial score (nSPS) is 20.6. The van der Waals surface area contributed by atoms with E-state index in [4.69, 9.17) is 9.26 Å². The zero-order chi connectivity index (χ0) is 17.7. The van der Waals surface area contributed by atoms with E-state index in [0.29, 0.717) is 12.2 Å². The molecule has 7 nitrogen and oxygen atoms in total. The fraction of sp³-hybridized carbons (Fsp3) is 0.778. The van der Waals surface area contributed by atoms with E-state index in [1.54, 1.807) is 6.07 Å². The molecule has 0 unspecified atom stereocenters. The molecule has 140 valence electrons. The van der Waals surface area contributed by atoms with Gasteiger partial charge in [0.15, 0.2) is 11.5 Å². The number of hydrogen-bond acceptors (Lipinski definition) is 6. The first-order chi connectivity index (χ1) is 12.0. The number of ether oxygens (including phenoxy) is 1. The lowest BCUT2D eigenvalue weighted by Crippen LogP contribution is -2.52. The third-order valence-electron chi connectivity index (χ3n) is 4.79. The molecule has 3 rings (SSSR count). The SMILES string of the molecule is CC(C)(CN1CCCCC1)NC(=O)c1cc(CN2CCOCC2)on1. The number of morpholine rings is 1. The van der Waals surface area contributed by atoms with E-state index in [9.17, 15) is 4.79 Å². The molecule has 3 heterocycles. The van der Waals surface area contributed by atoms with E-state index in [1.165, 1.54) is 19.3 Å². The Bertz CT molecular complexity index is 560. The molecule has 25 heavy (non-hydrogen) atoms. The Hall–Kier alpha value is -1.44. The topological polar surface area (TPSA) is 70.8 Å². The van der Waals surface area contributed by atoms with Gasteiger partial charge in [0.1, 0.15) is 0 Å². The molecule has 1 aromatic heterocycles. The van der Waals surface area contributed by atoms with Crippen molar-refractivity contribution < 1.29 is 14.1 Å². The van der Waals surface area contributed by atoms with Gasteiger partial charge < -0.3 is 19.5 Å². The largest absolute Gasteiger partial charge is 0.379 e. The summed E-state index contributed by atoms with van der Waals surface area (Å²) in [6.45, 7) is 11.1. The van der Waals surface area contributed by atoms with Crippen molar-refractivity contribution >= 4 is 5.91 Å². The van der Waals surface area contributed by atoms with Gasteiger partial charge in [0.2, 0.25) is 0 Å². The lowest BCUT2D eigenvalue weighted by Gasteiger charge is -2.35. The standard InChI is InChI=1S/C18H30N4O3/c1-18(2,14-22-6-4-3-5-7-22)19-17(23)16-12-15(25-20-16)13-21-8-10-24-11-9-21/h12H,3-11,13-14H2,1-2H3,(H,19,23). The highest BCUT2D eigenvalue weighted by Crippen LogP contribution is 2.15. The molecule has 0 aliphatic carbocycles. The van der Waals surface area contributed by atoms with Gasteiger partial charge in [0.05, 0.1) is 19.8 Å². The second kappa shape index (κ2) is 8.29. The minimum absolute atomic E-state index is 0.168. The molecule has 0 radical (unpaired) electrons. The van der Waals surface area contributed by atoms with Crippen molar-refractivity contribution in [3.05, 3.63) is 17.5 Å². The Balaban J connectivity index is 1.51. The van der Waals surface area contributed by atoms with Crippen LogP contribution in [-0.4, -0.2) is 72.3 Å². The molecule has 2 saturated heterocycles. The monoisotopic (exact) mass is 350 g/mol. The number of piperidine rings is 1. The number of nitrogens with one attached hydrogen (secondary N) is 1. The lowest BCUT2D eigenvalue weighted by atomic mass is 10.0. The van der Waals surface area contributed by atoms with Crippen molar-refractivity contribution in [2.24, 2.45) is 0 Å². The highest BCUT2D eigenvalue weighted by Gasteiger charge is 2.26. The quantitative estimate of drug-likeness (QED) is 0.838. The predicted molar refractivity (Wildman–Crippen MR) is 94.4 cm³/mol. The number of carbonyl (C=O) groups is 1. The molecule has 1 aromatic rings. The molecular formula is C18H30N4O3. The maximum absolute atomic E-state index is 12.5. The van der Waals surface area contributed by atoms with Crippen LogP contribution >= 0.6 is 0 Å². The third kappa shape index (κ3) is 5.52. The van der Waals surface area contributed by atoms with Crippen molar-refractivity contribution in [2.45, 2.75) is 45.2 Å². The van der Waals surface area contributed by atoms with Crippen LogP contribution in [0.5, 0.6) is 0 Å². The van der Waals surface area contributed by atoms with Crippen molar-refractivity contribution in [2.75, 3.05) is 45.9 Å². The van der Waals surface area contributed by atoms with Gasteiger partial charge in [-0.1, -0.05) is 11.6 Å². The highest BCUT2D eigenvalue weighted by atomic mass is 16.5. The molecule has 0 atom stereocenters. The second-order valence-electron chi connectivity index (χ2n) is 7.74. The zero-order valence-electron chi connectivity index (χ0n) is 15.4. The van der Waals surface area contributed by atoms with E-state index in [1.807, 2.05) is 0 Å². The van der Waals surface area contributed by atoms with Crippen LogP contribution in [0.25, 0.3) is 0 Å². The van der Waals surface area contributed by atoms with Crippen LogP contribution in [0.3, 0.4) is 0 Å². The maximum Gasteiger partial charge on any atom is 0.273 e. The zero-order valence-corrected chi connectivity index (χ0v) is 15.4. The molecule has 2 fully saturated rings. The van der Waals surface area contributed by atoms with Crippen molar-refractivity contribution in [3.8, 4) is 0 Å². The number of aromatic nitrogens is 1. The van der Waals surface area contributed by atoms with E-state index >= 15 is 0 Å². The smallest absolute Gasteiger partial charge is 0.273 e. The van der Waals surface area contributed by atoms with Gasteiger partial charge in [-0.25, -0.2) is 0 Å². The summed E-state index contributed by atoms with van der Waals surface area (Å²) in [5.41, 5.74) is 0.0626. The highest BCUT2D eigenvalue weighted by molar-refractivity contribution is 5.92. The van der Waals surface area contributed by atoms with Crippen LogP contribution in [0.1, 0.15) is 49.4 Å². The molecule has 2 aliphatic heterocycles. The van der Waals surface area contributed by atoms with E-state index in [-0.39, 0.29) is 11.4 Å². The van der Waals surface area contributed by atoms with Crippen molar-refractivity contribution in [3.63, 3.8) is 0 Å². The number of hydrogen-bond donors (Lipinski definition) is 1. The van der Waals surface area contributed by atoms with Crippen molar-refractivity contribution in [1.29, 1.82) is 0 Å². The molecular weight excluding hydrogens is 320 g/mol. The molecule has 2 aliphatic rings. The number of rotatable bonds is 6. The summed E-state index contributed by atoms with van der Waals surface area (Å²) in [5, 5.41) is 7.05. The molecule has 0 aromatic carbocycles. The first kappa shape index (κ1) is 18.4. The number of carbonyl (C=O) groups excluding carboxylic acids is 1. The average molecular weight is 350 g/mol. The molecule has 0 saturated carbocycles. The summed E-state index contributed by atoms with van der Waals surface area (Å²) < 4.78 is 10.7. The van der Waals surface area contributed by atoms with Crippen LogP contribution in [0.2, 0.25) is 0 Å². The summed E-state index contributed by atoms with van der Waals surface area (Å²) in [6, 6.07) is 1.75. The van der Waals surface area contributed by atoms with E-state index < -0.39 is 0 Å². The molecule has 0 bridgehead atoms. The lowest BCUT2D eigenvalue weighted by molar-refractivity contribution is 0.0305. The third-order valence-corrected chi connectivity index (χ3v) is 4.79. The Morgan fingerprint density at radius 2 is 1.88 bits per heavy atom. The summed E-state index contributed by atoms with van der Waals surface area (Å²) in [4.78, 5) is 17.2. The molecule has 1 N–H and O–H groups in total. The van der Waals surface area contributed by atoms with E-state index in [2.05, 4.69) is 34.1 Å². The Morgan fingerprint density at radius 3 is 2.60 bits per heavy atom. The van der Waals surface area contributed by atoms with Gasteiger partial charge >= 0.3 is 0 Å². The van der Waals surface area contributed by atoms with Gasteiger partial charge in [0.25, 0.3) is 5.91 Å². The minimum atomic E-state index is -0.294. The maximum atomic E-state index is 12.5. The Morgan fingerprint density at radius 1 is 1.16 bits per heavy atom. The Kier molecular flexibility index (Phi) is 6.09. The summed E-state index contributed by atoms with van der Waals surface area (Å²) in [5.74, 6) is 0.555. The van der Waals surface area contributed by atoms with Crippen LogP contribution in [0.15, 0.2) is 10.6 Å². The minimum Gasteiger partial charge on any atom is -0.379 e. The molecule has 7 heteroatoms. The molecule has 1 amide bonds. The second-order valence-corrected chi connectivity index (χ2v) is 7.74. The number of nitrogens with zero attached hydrogens (tertiary/aromatic N) is 3. The molecule has 0 spiro atoms. The van der Waals surface area contributed by atoms with Gasteiger partial charge in [-0.15, -0.1) is 0 Å². The number of amides is 1. The van der Waals surface area contributed by atoms with Crippen LogP contribution in [0.4, 0.5) is 0 Å². The average Bonchev–Trinajstić information content (AvgIpc) is 3.04. The Labute approximate surface area is 149 Å². The fourth-order valence-electron chi connectivity index (χ4n) is 3.56. The summed E-state index contributed by atoms with van der Waals surface area (Å²) in [7, 11) is 0. The van der Waals surface area contributed by atoms with Crippen LogP contribution in [0, 0.1) is 0 Å². The van der Waals surface area contributed by atoms with Gasteiger partial charge in [-0.05, 0) is 39.8 Å². The van der Waals surface area contributed by atoms with Gasteiger partial charge in [0, 0.05) is 31.2 Å². The number of likely N-dealkylation sites (tertiary alicyclic amines) is 1. The fourth-order valence-corrected chi connectivity index (χ4v) is 3.56. The first-order valence-corrected chi connectivity index (χ1v) is 9.32. The van der Waals surface area contributed by atoms with E-state index in [0.717, 1.165) is 51.7 Å². The first-order valence-electron chi connectivity index (χ1n) is 9.32.